The summed E-state index contributed by atoms with van der Waals surface area (Å²) in [5.41, 5.74) is 2.65. The quantitative estimate of drug-likeness (QED) is 0.730. The van der Waals surface area contributed by atoms with Crippen molar-refractivity contribution in [3.63, 3.8) is 0 Å². The average molecular weight is 221 g/mol. The molecule has 0 amide bonds. The van der Waals surface area contributed by atoms with Crippen LogP contribution in [0.15, 0.2) is 18.2 Å². The van der Waals surface area contributed by atoms with E-state index in [1.807, 2.05) is 37.2 Å². The fraction of sp³-hybridized carbons (Fsp3) is 0.500. The third-order valence-corrected chi connectivity index (χ3v) is 2.60. The normalized spacial score (nSPS) is 11.2. The molecule has 2 N–H and O–H groups in total. The van der Waals surface area contributed by atoms with Crippen LogP contribution in [0.1, 0.15) is 30.9 Å². The predicted molar refractivity (Wildman–Crippen MR) is 67.7 cm³/mol. The van der Waals surface area contributed by atoms with Crippen LogP contribution in [0.3, 0.4) is 0 Å². The van der Waals surface area contributed by atoms with Crippen molar-refractivity contribution in [1.82, 2.24) is 4.90 Å². The Balaban J connectivity index is 3.21. The highest BCUT2D eigenvalue weighted by molar-refractivity contribution is 6.59. The standard InChI is InChI=1S/C12H20BNO2/c1-9(2)11-7-5-6-10(8-14(3)4)12(11)13(15)16/h5-7,9,15-16H,8H2,1-4H3. The van der Waals surface area contributed by atoms with Gasteiger partial charge in [0.2, 0.25) is 0 Å². The molecule has 0 aliphatic carbocycles. The minimum atomic E-state index is -1.39. The van der Waals surface area contributed by atoms with Crippen molar-refractivity contribution in [1.29, 1.82) is 0 Å². The van der Waals surface area contributed by atoms with Crippen molar-refractivity contribution >= 4 is 12.6 Å². The Bertz CT molecular complexity index is 351. The van der Waals surface area contributed by atoms with E-state index in [4.69, 9.17) is 0 Å². The molecule has 0 spiro atoms. The summed E-state index contributed by atoms with van der Waals surface area (Å²) in [5, 5.41) is 19.0. The van der Waals surface area contributed by atoms with Gasteiger partial charge in [-0.15, -0.1) is 0 Å². The molecule has 4 heteroatoms. The second-order valence-electron chi connectivity index (χ2n) is 4.69. The summed E-state index contributed by atoms with van der Waals surface area (Å²) in [6.45, 7) is 4.83. The molecule has 0 aromatic heterocycles. The number of nitrogens with zero attached hydrogens (tertiary/aromatic N) is 1. The van der Waals surface area contributed by atoms with E-state index in [9.17, 15) is 10.0 Å². The summed E-state index contributed by atoms with van der Waals surface area (Å²) < 4.78 is 0. The Morgan fingerprint density at radius 2 is 1.88 bits per heavy atom. The van der Waals surface area contributed by atoms with Crippen LogP contribution in [0, 0.1) is 0 Å². The minimum Gasteiger partial charge on any atom is -0.423 e. The first-order valence-electron chi connectivity index (χ1n) is 5.56. The first-order valence-corrected chi connectivity index (χ1v) is 5.56. The van der Waals surface area contributed by atoms with Crippen LogP contribution in [-0.2, 0) is 6.54 Å². The minimum absolute atomic E-state index is 0.291. The van der Waals surface area contributed by atoms with Gasteiger partial charge in [0.25, 0.3) is 0 Å². The maximum absolute atomic E-state index is 9.48. The topological polar surface area (TPSA) is 43.7 Å². The second kappa shape index (κ2) is 5.48. The molecule has 0 fully saturated rings. The molecule has 16 heavy (non-hydrogen) atoms. The van der Waals surface area contributed by atoms with Crippen molar-refractivity contribution in [2.75, 3.05) is 14.1 Å². The summed E-state index contributed by atoms with van der Waals surface area (Å²) in [5.74, 6) is 0.291. The van der Waals surface area contributed by atoms with E-state index in [2.05, 4.69) is 13.8 Å². The van der Waals surface area contributed by atoms with E-state index >= 15 is 0 Å². The molecular weight excluding hydrogens is 201 g/mol. The Morgan fingerprint density at radius 1 is 1.25 bits per heavy atom. The van der Waals surface area contributed by atoms with Gasteiger partial charge in [-0.3, -0.25) is 0 Å². The van der Waals surface area contributed by atoms with Crippen LogP contribution in [0.5, 0.6) is 0 Å². The number of benzene rings is 1. The van der Waals surface area contributed by atoms with Crippen molar-refractivity contribution < 1.29 is 10.0 Å². The molecule has 1 rings (SSSR count). The molecule has 0 unspecified atom stereocenters. The second-order valence-corrected chi connectivity index (χ2v) is 4.69. The first-order chi connectivity index (χ1) is 7.43. The third-order valence-electron chi connectivity index (χ3n) is 2.60. The summed E-state index contributed by atoms with van der Waals surface area (Å²) in [6, 6.07) is 5.87. The van der Waals surface area contributed by atoms with E-state index in [0.717, 1.165) is 11.1 Å². The van der Waals surface area contributed by atoms with E-state index in [1.165, 1.54) is 0 Å². The molecule has 3 nitrogen and oxygen atoms in total. The zero-order valence-corrected chi connectivity index (χ0v) is 10.4. The lowest BCUT2D eigenvalue weighted by atomic mass is 9.71. The van der Waals surface area contributed by atoms with Gasteiger partial charge >= 0.3 is 7.12 Å². The molecule has 0 aliphatic heterocycles. The van der Waals surface area contributed by atoms with E-state index in [0.29, 0.717) is 17.9 Å². The van der Waals surface area contributed by atoms with Crippen LogP contribution in [-0.4, -0.2) is 36.2 Å². The fourth-order valence-corrected chi connectivity index (χ4v) is 1.93. The lowest BCUT2D eigenvalue weighted by Gasteiger charge is -2.19. The molecular formula is C12H20BNO2. The highest BCUT2D eigenvalue weighted by Gasteiger charge is 2.21. The Morgan fingerprint density at radius 3 is 2.31 bits per heavy atom. The molecule has 0 aliphatic rings. The molecule has 0 heterocycles. The van der Waals surface area contributed by atoms with Gasteiger partial charge in [-0.1, -0.05) is 32.0 Å². The van der Waals surface area contributed by atoms with Crippen LogP contribution in [0.4, 0.5) is 0 Å². The third kappa shape index (κ3) is 3.08. The van der Waals surface area contributed by atoms with Gasteiger partial charge in [-0.2, -0.15) is 0 Å². The van der Waals surface area contributed by atoms with Gasteiger partial charge in [-0.05, 0) is 36.6 Å². The first kappa shape index (κ1) is 13.2. The molecule has 0 atom stereocenters. The largest absolute Gasteiger partial charge is 0.489 e. The highest BCUT2D eigenvalue weighted by atomic mass is 16.4. The molecule has 88 valence electrons. The number of rotatable bonds is 4. The van der Waals surface area contributed by atoms with Gasteiger partial charge in [-0.25, -0.2) is 0 Å². The molecule has 0 saturated heterocycles. The summed E-state index contributed by atoms with van der Waals surface area (Å²) in [7, 11) is 2.54. The fourth-order valence-electron chi connectivity index (χ4n) is 1.93. The maximum Gasteiger partial charge on any atom is 0.489 e. The van der Waals surface area contributed by atoms with Crippen molar-refractivity contribution in [3.05, 3.63) is 29.3 Å². The van der Waals surface area contributed by atoms with Crippen LogP contribution in [0.2, 0.25) is 0 Å². The molecule has 1 aromatic carbocycles. The summed E-state index contributed by atoms with van der Waals surface area (Å²) in [6.07, 6.45) is 0. The van der Waals surface area contributed by atoms with Gasteiger partial charge in [0.1, 0.15) is 0 Å². The number of hydrogen-bond donors (Lipinski definition) is 2. The average Bonchev–Trinajstić information content (AvgIpc) is 2.15. The Kier molecular flexibility index (Phi) is 4.53. The predicted octanol–water partition coefficient (Wildman–Crippen LogP) is 0.551. The van der Waals surface area contributed by atoms with E-state index in [1.54, 1.807) is 0 Å². The molecule has 0 bridgehead atoms. The summed E-state index contributed by atoms with van der Waals surface area (Å²) in [4.78, 5) is 2.02. The Hall–Kier alpha value is -0.835. The van der Waals surface area contributed by atoms with Gasteiger partial charge < -0.3 is 14.9 Å². The molecule has 0 saturated carbocycles. The number of hydrogen-bond acceptors (Lipinski definition) is 3. The van der Waals surface area contributed by atoms with Crippen molar-refractivity contribution in [3.8, 4) is 0 Å². The van der Waals surface area contributed by atoms with Crippen LogP contribution >= 0.6 is 0 Å². The zero-order chi connectivity index (χ0) is 12.3. The van der Waals surface area contributed by atoms with Gasteiger partial charge in [0.15, 0.2) is 0 Å². The van der Waals surface area contributed by atoms with Gasteiger partial charge in [0.05, 0.1) is 0 Å². The highest BCUT2D eigenvalue weighted by Crippen LogP contribution is 2.14. The summed E-state index contributed by atoms with van der Waals surface area (Å²) >= 11 is 0. The van der Waals surface area contributed by atoms with Crippen molar-refractivity contribution in [2.45, 2.75) is 26.3 Å². The molecule has 0 radical (unpaired) electrons. The van der Waals surface area contributed by atoms with E-state index in [-0.39, 0.29) is 0 Å². The SMILES string of the molecule is CC(C)c1cccc(CN(C)C)c1B(O)O. The van der Waals surface area contributed by atoms with Gasteiger partial charge in [0, 0.05) is 6.54 Å². The monoisotopic (exact) mass is 221 g/mol. The lowest BCUT2D eigenvalue weighted by molar-refractivity contribution is 0.399. The lowest BCUT2D eigenvalue weighted by Crippen LogP contribution is -2.37. The maximum atomic E-state index is 9.48. The molecule has 1 aromatic rings. The van der Waals surface area contributed by atoms with Crippen LogP contribution < -0.4 is 5.46 Å². The van der Waals surface area contributed by atoms with E-state index < -0.39 is 7.12 Å². The smallest absolute Gasteiger partial charge is 0.423 e. The van der Waals surface area contributed by atoms with Crippen molar-refractivity contribution in [2.24, 2.45) is 0 Å². The van der Waals surface area contributed by atoms with Crippen LogP contribution in [0.25, 0.3) is 0 Å². The Labute approximate surface area is 97.9 Å². The zero-order valence-electron chi connectivity index (χ0n) is 10.4.